The monoisotopic (exact) mass is 203 g/mol. The van der Waals surface area contributed by atoms with Crippen LogP contribution in [0.5, 0.6) is 0 Å². The standard InChI is InChI=1S/C11H25NO2/c1-9(2)14-8-11(12-4)10(3)6-7-13-5/h9-12H,6-8H2,1-5H3. The Hall–Kier alpha value is -0.120. The molecular formula is C11H25NO2. The second kappa shape index (κ2) is 8.21. The average molecular weight is 203 g/mol. The van der Waals surface area contributed by atoms with Crippen LogP contribution < -0.4 is 5.32 Å². The fourth-order valence-electron chi connectivity index (χ4n) is 1.33. The van der Waals surface area contributed by atoms with E-state index >= 15 is 0 Å². The van der Waals surface area contributed by atoms with Crippen LogP contribution in [0.4, 0.5) is 0 Å². The average Bonchev–Trinajstić information content (AvgIpc) is 2.15. The first-order valence-corrected chi connectivity index (χ1v) is 5.39. The fraction of sp³-hybridized carbons (Fsp3) is 1.00. The van der Waals surface area contributed by atoms with Crippen molar-refractivity contribution in [3.63, 3.8) is 0 Å². The molecule has 0 bridgehead atoms. The van der Waals surface area contributed by atoms with E-state index in [1.54, 1.807) is 7.11 Å². The van der Waals surface area contributed by atoms with E-state index < -0.39 is 0 Å². The van der Waals surface area contributed by atoms with Gasteiger partial charge in [0.15, 0.2) is 0 Å². The van der Waals surface area contributed by atoms with E-state index in [4.69, 9.17) is 9.47 Å². The van der Waals surface area contributed by atoms with E-state index in [2.05, 4.69) is 26.1 Å². The van der Waals surface area contributed by atoms with Gasteiger partial charge >= 0.3 is 0 Å². The molecule has 0 rings (SSSR count). The maximum Gasteiger partial charge on any atom is 0.0625 e. The van der Waals surface area contributed by atoms with Crippen LogP contribution in [0.15, 0.2) is 0 Å². The van der Waals surface area contributed by atoms with Gasteiger partial charge in [0.2, 0.25) is 0 Å². The summed E-state index contributed by atoms with van der Waals surface area (Å²) >= 11 is 0. The molecule has 0 aliphatic heterocycles. The molecule has 14 heavy (non-hydrogen) atoms. The van der Waals surface area contributed by atoms with E-state index in [-0.39, 0.29) is 0 Å². The van der Waals surface area contributed by atoms with Crippen LogP contribution in [0.2, 0.25) is 0 Å². The molecule has 0 fully saturated rings. The Morgan fingerprint density at radius 2 is 1.86 bits per heavy atom. The summed E-state index contributed by atoms with van der Waals surface area (Å²) in [5, 5.41) is 3.29. The number of hydrogen-bond donors (Lipinski definition) is 1. The van der Waals surface area contributed by atoms with Crippen molar-refractivity contribution in [3.8, 4) is 0 Å². The lowest BCUT2D eigenvalue weighted by Crippen LogP contribution is -2.37. The highest BCUT2D eigenvalue weighted by Crippen LogP contribution is 2.09. The quantitative estimate of drug-likeness (QED) is 0.651. The van der Waals surface area contributed by atoms with Crippen LogP contribution in [-0.2, 0) is 9.47 Å². The molecule has 0 aliphatic rings. The van der Waals surface area contributed by atoms with Crippen molar-refractivity contribution in [2.24, 2.45) is 5.92 Å². The Morgan fingerprint density at radius 3 is 2.29 bits per heavy atom. The first-order chi connectivity index (χ1) is 6.61. The number of methoxy groups -OCH3 is 1. The topological polar surface area (TPSA) is 30.5 Å². The molecule has 0 saturated heterocycles. The molecule has 86 valence electrons. The van der Waals surface area contributed by atoms with Crippen molar-refractivity contribution in [1.82, 2.24) is 5.32 Å². The molecule has 1 N–H and O–H groups in total. The van der Waals surface area contributed by atoms with Gasteiger partial charge in [0.25, 0.3) is 0 Å². The van der Waals surface area contributed by atoms with E-state index in [0.29, 0.717) is 18.1 Å². The molecule has 2 atom stereocenters. The first-order valence-electron chi connectivity index (χ1n) is 5.39. The van der Waals surface area contributed by atoms with E-state index in [9.17, 15) is 0 Å². The summed E-state index contributed by atoms with van der Waals surface area (Å²) in [6.45, 7) is 7.95. The zero-order valence-corrected chi connectivity index (χ0v) is 10.2. The number of hydrogen-bond acceptors (Lipinski definition) is 3. The van der Waals surface area contributed by atoms with Crippen molar-refractivity contribution in [1.29, 1.82) is 0 Å². The number of nitrogens with one attached hydrogen (secondary N) is 1. The Labute approximate surface area is 88.2 Å². The highest BCUT2D eigenvalue weighted by Gasteiger charge is 2.15. The van der Waals surface area contributed by atoms with Gasteiger partial charge in [-0.15, -0.1) is 0 Å². The van der Waals surface area contributed by atoms with Crippen molar-refractivity contribution in [3.05, 3.63) is 0 Å². The lowest BCUT2D eigenvalue weighted by molar-refractivity contribution is 0.0473. The first kappa shape index (κ1) is 13.9. The molecule has 3 heteroatoms. The summed E-state index contributed by atoms with van der Waals surface area (Å²) in [6.07, 6.45) is 1.38. The summed E-state index contributed by atoms with van der Waals surface area (Å²) < 4.78 is 10.7. The van der Waals surface area contributed by atoms with E-state index in [1.165, 1.54) is 0 Å². The van der Waals surface area contributed by atoms with E-state index in [0.717, 1.165) is 19.6 Å². The number of likely N-dealkylation sites (N-methyl/N-ethyl adjacent to an activating group) is 1. The molecule has 0 aromatic carbocycles. The molecular weight excluding hydrogens is 178 g/mol. The number of ether oxygens (including phenoxy) is 2. The Morgan fingerprint density at radius 1 is 1.21 bits per heavy atom. The highest BCUT2D eigenvalue weighted by molar-refractivity contribution is 4.71. The summed E-state index contributed by atoms with van der Waals surface area (Å²) in [6, 6.07) is 0.424. The molecule has 0 spiro atoms. The summed E-state index contributed by atoms with van der Waals surface area (Å²) in [7, 11) is 3.73. The Balaban J connectivity index is 3.74. The minimum absolute atomic E-state index is 0.306. The molecule has 0 aromatic heterocycles. The maximum atomic E-state index is 5.59. The second-order valence-corrected chi connectivity index (χ2v) is 4.04. The zero-order valence-electron chi connectivity index (χ0n) is 10.2. The van der Waals surface area contributed by atoms with Gasteiger partial charge in [-0.05, 0) is 33.2 Å². The molecule has 0 saturated carbocycles. The lowest BCUT2D eigenvalue weighted by atomic mass is 9.99. The van der Waals surface area contributed by atoms with Gasteiger partial charge in [0.05, 0.1) is 12.7 Å². The predicted molar refractivity (Wildman–Crippen MR) is 59.6 cm³/mol. The van der Waals surface area contributed by atoms with Crippen molar-refractivity contribution >= 4 is 0 Å². The lowest BCUT2D eigenvalue weighted by Gasteiger charge is -2.24. The Bertz CT molecular complexity index is 128. The van der Waals surface area contributed by atoms with Gasteiger partial charge in [-0.2, -0.15) is 0 Å². The summed E-state index contributed by atoms with van der Waals surface area (Å²) in [5.41, 5.74) is 0. The summed E-state index contributed by atoms with van der Waals surface area (Å²) in [5.74, 6) is 0.582. The van der Waals surface area contributed by atoms with Crippen molar-refractivity contribution < 1.29 is 9.47 Å². The van der Waals surface area contributed by atoms with Crippen LogP contribution in [0.1, 0.15) is 27.2 Å². The SMILES string of the molecule is CNC(COC(C)C)C(C)CCOC. The zero-order chi connectivity index (χ0) is 11.0. The molecule has 0 aliphatic carbocycles. The third kappa shape index (κ3) is 6.35. The fourth-order valence-corrected chi connectivity index (χ4v) is 1.33. The predicted octanol–water partition coefficient (Wildman–Crippen LogP) is 1.67. The van der Waals surface area contributed by atoms with E-state index in [1.807, 2.05) is 7.05 Å². The highest BCUT2D eigenvalue weighted by atomic mass is 16.5. The smallest absolute Gasteiger partial charge is 0.0625 e. The van der Waals surface area contributed by atoms with Gasteiger partial charge in [-0.1, -0.05) is 6.92 Å². The molecule has 3 nitrogen and oxygen atoms in total. The third-order valence-electron chi connectivity index (χ3n) is 2.44. The largest absolute Gasteiger partial charge is 0.385 e. The summed E-state index contributed by atoms with van der Waals surface area (Å²) in [4.78, 5) is 0. The van der Waals surface area contributed by atoms with Gasteiger partial charge in [0, 0.05) is 19.8 Å². The second-order valence-electron chi connectivity index (χ2n) is 4.04. The van der Waals surface area contributed by atoms with Crippen molar-refractivity contribution in [2.45, 2.75) is 39.3 Å². The molecule has 0 amide bonds. The third-order valence-corrected chi connectivity index (χ3v) is 2.44. The Kier molecular flexibility index (Phi) is 8.14. The van der Waals surface area contributed by atoms with Crippen LogP contribution in [0, 0.1) is 5.92 Å². The maximum absolute atomic E-state index is 5.59. The van der Waals surface area contributed by atoms with Gasteiger partial charge in [-0.25, -0.2) is 0 Å². The molecule has 0 heterocycles. The van der Waals surface area contributed by atoms with Crippen molar-refractivity contribution in [2.75, 3.05) is 27.4 Å². The number of rotatable bonds is 8. The minimum atomic E-state index is 0.306. The van der Waals surface area contributed by atoms with Crippen LogP contribution in [0.25, 0.3) is 0 Å². The molecule has 0 aromatic rings. The molecule has 0 radical (unpaired) electrons. The van der Waals surface area contributed by atoms with Crippen LogP contribution in [-0.4, -0.2) is 39.5 Å². The van der Waals surface area contributed by atoms with Crippen LogP contribution in [0.3, 0.4) is 0 Å². The minimum Gasteiger partial charge on any atom is -0.385 e. The molecule has 2 unspecified atom stereocenters. The van der Waals surface area contributed by atoms with Gasteiger partial charge < -0.3 is 14.8 Å². The van der Waals surface area contributed by atoms with Gasteiger partial charge in [0.1, 0.15) is 0 Å². The van der Waals surface area contributed by atoms with Gasteiger partial charge in [-0.3, -0.25) is 0 Å². The van der Waals surface area contributed by atoms with Crippen LogP contribution >= 0.6 is 0 Å². The normalized spacial score (nSPS) is 15.9.